The second-order valence-electron chi connectivity index (χ2n) is 9.53. The third-order valence-corrected chi connectivity index (χ3v) is 5.57. The van der Waals surface area contributed by atoms with Crippen LogP contribution in [-0.4, -0.2) is 69.2 Å². The Morgan fingerprint density at radius 2 is 1.74 bits per heavy atom. The average molecular weight is 487 g/mol. The number of β-amino-alcohol motifs (C(OH)–C–C–N with tert-alkyl or cyclic N) is 1. The number of hydrogen-bond donors (Lipinski definition) is 4. The molecule has 0 spiro atoms. The van der Waals surface area contributed by atoms with Crippen LogP contribution < -0.4 is 9.47 Å². The minimum Gasteiger partial charge on any atom is -0.497 e. The minimum atomic E-state index is -1.23. The largest absolute Gasteiger partial charge is 0.497 e. The second-order valence-corrected chi connectivity index (χ2v) is 9.53. The van der Waals surface area contributed by atoms with Gasteiger partial charge in [0.05, 0.1) is 7.11 Å². The number of carboxylic acid groups (broad SMARTS) is 1. The molecule has 8 heteroatoms. The van der Waals surface area contributed by atoms with E-state index in [1.807, 2.05) is 36.5 Å². The van der Waals surface area contributed by atoms with E-state index in [2.05, 4.69) is 49.7 Å². The molecular formula is C27H38N2O6. The first kappa shape index (κ1) is 28.2. The van der Waals surface area contributed by atoms with Crippen molar-refractivity contribution in [2.45, 2.75) is 58.9 Å². The van der Waals surface area contributed by atoms with E-state index in [1.54, 1.807) is 7.11 Å². The number of aliphatic carboxylic acids is 1. The van der Waals surface area contributed by atoms with E-state index in [0.717, 1.165) is 34.5 Å². The molecule has 0 aliphatic rings. The molecule has 2 atom stereocenters. The lowest BCUT2D eigenvalue weighted by Gasteiger charge is -2.37. The number of hydrogen-bond acceptors (Lipinski definition) is 6. The van der Waals surface area contributed by atoms with Crippen LogP contribution in [0.1, 0.15) is 38.8 Å². The molecule has 192 valence electrons. The van der Waals surface area contributed by atoms with E-state index in [9.17, 15) is 9.90 Å². The smallest absolute Gasteiger partial charge is 0.332 e. The maximum Gasteiger partial charge on any atom is 0.332 e. The Morgan fingerprint density at radius 1 is 1.11 bits per heavy atom. The Morgan fingerprint density at radius 3 is 2.29 bits per heavy atom. The molecule has 0 radical (unpaired) electrons. The van der Waals surface area contributed by atoms with Gasteiger partial charge in [0.1, 0.15) is 30.3 Å². The minimum absolute atomic E-state index is 0.0852. The van der Waals surface area contributed by atoms with Gasteiger partial charge in [0.2, 0.25) is 0 Å². The number of rotatable bonds is 9. The zero-order valence-electron chi connectivity index (χ0n) is 21.4. The van der Waals surface area contributed by atoms with Crippen molar-refractivity contribution in [3.63, 3.8) is 0 Å². The Balaban J connectivity index is 0.000000641. The van der Waals surface area contributed by atoms with E-state index >= 15 is 0 Å². The molecule has 2 unspecified atom stereocenters. The van der Waals surface area contributed by atoms with Crippen LogP contribution >= 0.6 is 0 Å². The van der Waals surface area contributed by atoms with Crippen LogP contribution in [0.5, 0.6) is 11.5 Å². The van der Waals surface area contributed by atoms with Gasteiger partial charge in [0, 0.05) is 35.7 Å². The molecule has 0 amide bonds. The number of ether oxygens (including phenoxy) is 2. The molecule has 0 fully saturated rings. The standard InChI is InChI=1S/C24H32N2O3.C3H6O3/c1-17-13-25-21-7-6-8-22(23(17)21)29-16-19(27)15-26(24(2,3)4)14-18-9-11-20(28-5)12-10-18;1-2(4)3(5)6/h6-13,19,25,27H,14-16H2,1-5H3;2,4H,1H3,(H,5,6). The highest BCUT2D eigenvalue weighted by molar-refractivity contribution is 5.89. The molecule has 1 heterocycles. The number of nitrogens with one attached hydrogen (secondary N) is 1. The van der Waals surface area contributed by atoms with Crippen LogP contribution in [0.4, 0.5) is 0 Å². The van der Waals surface area contributed by atoms with E-state index < -0.39 is 18.2 Å². The lowest BCUT2D eigenvalue weighted by Crippen LogP contribution is -2.46. The topological polar surface area (TPSA) is 115 Å². The normalized spacial score (nSPS) is 13.2. The van der Waals surface area contributed by atoms with Gasteiger partial charge in [-0.3, -0.25) is 4.90 Å². The quantitative estimate of drug-likeness (QED) is 0.362. The lowest BCUT2D eigenvalue weighted by atomic mass is 10.0. The summed E-state index contributed by atoms with van der Waals surface area (Å²) in [5.74, 6) is 0.464. The van der Waals surface area contributed by atoms with Crippen LogP contribution in [0.15, 0.2) is 48.7 Å². The van der Waals surface area contributed by atoms with Crippen molar-refractivity contribution in [3.05, 3.63) is 59.8 Å². The average Bonchev–Trinajstić information content (AvgIpc) is 3.19. The maximum absolute atomic E-state index is 10.7. The summed E-state index contributed by atoms with van der Waals surface area (Å²) in [6, 6.07) is 14.0. The van der Waals surface area contributed by atoms with Gasteiger partial charge < -0.3 is 29.8 Å². The number of nitrogens with zero attached hydrogens (tertiary/aromatic N) is 1. The molecule has 4 N–H and O–H groups in total. The Labute approximate surface area is 207 Å². The van der Waals surface area contributed by atoms with Crippen molar-refractivity contribution in [1.82, 2.24) is 9.88 Å². The number of aliphatic hydroxyl groups excluding tert-OH is 2. The van der Waals surface area contributed by atoms with Gasteiger partial charge >= 0.3 is 5.97 Å². The molecule has 0 aliphatic carbocycles. The van der Waals surface area contributed by atoms with E-state index in [4.69, 9.17) is 19.7 Å². The SMILES string of the molecule is CC(O)C(=O)O.COc1ccc(CN(CC(O)COc2cccc3[nH]cc(C)c23)C(C)(C)C)cc1. The number of H-pyrrole nitrogens is 1. The zero-order valence-corrected chi connectivity index (χ0v) is 21.4. The number of fused-ring (bicyclic) bond motifs is 1. The third-order valence-electron chi connectivity index (χ3n) is 5.57. The molecule has 35 heavy (non-hydrogen) atoms. The van der Waals surface area contributed by atoms with E-state index in [-0.39, 0.29) is 12.1 Å². The van der Waals surface area contributed by atoms with Gasteiger partial charge in [-0.15, -0.1) is 0 Å². The van der Waals surface area contributed by atoms with Gasteiger partial charge in [-0.2, -0.15) is 0 Å². The highest BCUT2D eigenvalue weighted by Crippen LogP contribution is 2.28. The van der Waals surface area contributed by atoms with Crippen molar-refractivity contribution in [3.8, 4) is 11.5 Å². The highest BCUT2D eigenvalue weighted by Gasteiger charge is 2.24. The summed E-state index contributed by atoms with van der Waals surface area (Å²) in [7, 11) is 1.67. The van der Waals surface area contributed by atoms with Crippen molar-refractivity contribution < 1.29 is 29.6 Å². The molecule has 0 aliphatic heterocycles. The predicted molar refractivity (Wildman–Crippen MR) is 137 cm³/mol. The Hall–Kier alpha value is -3.07. The molecule has 1 aromatic heterocycles. The lowest BCUT2D eigenvalue weighted by molar-refractivity contribution is -0.145. The van der Waals surface area contributed by atoms with Crippen molar-refractivity contribution in [1.29, 1.82) is 0 Å². The van der Waals surface area contributed by atoms with Gasteiger partial charge in [-0.05, 0) is 70.0 Å². The molecule has 2 aromatic carbocycles. The maximum atomic E-state index is 10.7. The first-order valence-corrected chi connectivity index (χ1v) is 11.6. The molecule has 8 nitrogen and oxygen atoms in total. The van der Waals surface area contributed by atoms with Gasteiger partial charge in [-0.25, -0.2) is 4.79 Å². The molecule has 0 saturated heterocycles. The fraction of sp³-hybridized carbons (Fsp3) is 0.444. The Bertz CT molecular complexity index is 1070. The van der Waals surface area contributed by atoms with Crippen LogP contribution in [0, 0.1) is 6.92 Å². The second kappa shape index (κ2) is 12.6. The van der Waals surface area contributed by atoms with Crippen LogP contribution in [0.2, 0.25) is 0 Å². The monoisotopic (exact) mass is 486 g/mol. The Kier molecular flexibility index (Phi) is 10.1. The van der Waals surface area contributed by atoms with E-state index in [1.165, 1.54) is 12.5 Å². The first-order valence-electron chi connectivity index (χ1n) is 11.6. The first-order chi connectivity index (χ1) is 16.4. The molecule has 3 aromatic rings. The van der Waals surface area contributed by atoms with E-state index in [0.29, 0.717) is 6.54 Å². The fourth-order valence-electron chi connectivity index (χ4n) is 3.46. The third kappa shape index (κ3) is 8.58. The summed E-state index contributed by atoms with van der Waals surface area (Å²) in [5.41, 5.74) is 3.28. The number of aliphatic hydroxyl groups is 2. The summed E-state index contributed by atoms with van der Waals surface area (Å²) in [5, 5.41) is 27.5. The van der Waals surface area contributed by atoms with Crippen molar-refractivity contribution in [2.75, 3.05) is 20.3 Å². The van der Waals surface area contributed by atoms with Crippen molar-refractivity contribution in [2.24, 2.45) is 0 Å². The van der Waals surface area contributed by atoms with Crippen molar-refractivity contribution >= 4 is 16.9 Å². The number of aromatic nitrogens is 1. The number of aromatic amines is 1. The fourth-order valence-corrected chi connectivity index (χ4v) is 3.46. The van der Waals surface area contributed by atoms with Crippen LogP contribution in [0.25, 0.3) is 10.9 Å². The number of methoxy groups -OCH3 is 1. The summed E-state index contributed by atoms with van der Waals surface area (Å²) < 4.78 is 11.2. The number of carboxylic acids is 1. The summed E-state index contributed by atoms with van der Waals surface area (Å²) in [6.07, 6.45) is 0.149. The van der Waals surface area contributed by atoms with Gasteiger partial charge in [-0.1, -0.05) is 18.2 Å². The predicted octanol–water partition coefficient (Wildman–Crippen LogP) is 3.98. The van der Waals surface area contributed by atoms with Crippen LogP contribution in [0.3, 0.4) is 0 Å². The molecule has 3 rings (SSSR count). The number of carbonyl (C=O) groups is 1. The summed E-state index contributed by atoms with van der Waals surface area (Å²) in [4.78, 5) is 15.0. The number of aryl methyl sites for hydroxylation is 1. The molecule has 0 saturated carbocycles. The number of benzene rings is 2. The zero-order chi connectivity index (χ0) is 26.2. The summed E-state index contributed by atoms with van der Waals surface area (Å²) in [6.45, 7) is 11.3. The van der Waals surface area contributed by atoms with Gasteiger partial charge in [0.25, 0.3) is 0 Å². The summed E-state index contributed by atoms with van der Waals surface area (Å²) >= 11 is 0. The van der Waals surface area contributed by atoms with Gasteiger partial charge in [0.15, 0.2) is 0 Å². The molecular weight excluding hydrogens is 448 g/mol. The molecule has 0 bridgehead atoms. The van der Waals surface area contributed by atoms with Crippen LogP contribution in [-0.2, 0) is 11.3 Å². The highest BCUT2D eigenvalue weighted by atomic mass is 16.5.